The zero-order chi connectivity index (χ0) is 22.0. The molecule has 2 heterocycles. The first kappa shape index (κ1) is 21.9. The summed E-state index contributed by atoms with van der Waals surface area (Å²) in [5, 5.41) is 10.2. The molecule has 3 aliphatic rings. The Balaban J connectivity index is 1.50. The van der Waals surface area contributed by atoms with Crippen LogP contribution >= 0.6 is 0 Å². The molecule has 2 unspecified atom stereocenters. The number of piperazine rings is 1. The Kier molecular flexibility index (Phi) is 6.65. The molecule has 6 nitrogen and oxygen atoms in total. The normalized spacial score (nSPS) is 30.0. The molecule has 2 atom stereocenters. The van der Waals surface area contributed by atoms with Crippen LogP contribution in [0.4, 0.5) is 0 Å². The largest absolute Gasteiger partial charge is 0.507 e. The van der Waals surface area contributed by atoms with Crippen molar-refractivity contribution in [2.75, 3.05) is 13.1 Å². The van der Waals surface area contributed by atoms with E-state index in [1.54, 1.807) is 12.1 Å². The Hall–Kier alpha value is -2.34. The third-order valence-electron chi connectivity index (χ3n) is 7.57. The predicted molar refractivity (Wildman–Crippen MR) is 127 cm³/mol. The molecule has 1 aromatic carbocycles. The molecule has 4 rings (SSSR count). The molecule has 2 aliphatic heterocycles. The van der Waals surface area contributed by atoms with E-state index in [4.69, 9.17) is 17.2 Å². The van der Waals surface area contributed by atoms with Gasteiger partial charge in [0.15, 0.2) is 0 Å². The summed E-state index contributed by atoms with van der Waals surface area (Å²) in [4.78, 5) is 5.15. The average molecular weight is 426 g/mol. The summed E-state index contributed by atoms with van der Waals surface area (Å²) >= 11 is 0. The number of phenolic OH excluding ortho intramolecular Hbond substituents is 1. The smallest absolute Gasteiger partial charge is 0.124 e. The monoisotopic (exact) mass is 425 g/mol. The fraction of sp³-hybridized carbons (Fsp3) is 0.600. The number of nitrogens with two attached hydrogens (primary N) is 3. The fourth-order valence-electron chi connectivity index (χ4n) is 6.02. The van der Waals surface area contributed by atoms with E-state index in [0.29, 0.717) is 23.3 Å². The van der Waals surface area contributed by atoms with Gasteiger partial charge in [0.1, 0.15) is 11.6 Å². The van der Waals surface area contributed by atoms with Crippen molar-refractivity contribution in [1.82, 2.24) is 9.80 Å². The highest BCUT2D eigenvalue weighted by Gasteiger charge is 2.43. The summed E-state index contributed by atoms with van der Waals surface area (Å²) in [6.45, 7) is 4.27. The van der Waals surface area contributed by atoms with Gasteiger partial charge in [0.25, 0.3) is 0 Å². The first-order valence-electron chi connectivity index (χ1n) is 12.0. The quantitative estimate of drug-likeness (QED) is 0.552. The van der Waals surface area contributed by atoms with Gasteiger partial charge in [-0.3, -0.25) is 4.90 Å². The maximum atomic E-state index is 10.2. The molecule has 3 fully saturated rings. The lowest BCUT2D eigenvalue weighted by atomic mass is 9.88. The minimum atomic E-state index is 0.162. The third kappa shape index (κ3) is 4.79. The molecule has 1 saturated carbocycles. The van der Waals surface area contributed by atoms with Gasteiger partial charge in [-0.15, -0.1) is 0 Å². The Morgan fingerprint density at radius 2 is 1.52 bits per heavy atom. The molecule has 2 saturated heterocycles. The molecule has 6 heteroatoms. The summed E-state index contributed by atoms with van der Waals surface area (Å²) in [6.07, 6.45) is 12.4. The number of hydrogen-bond acceptors (Lipinski definition) is 6. The van der Waals surface area contributed by atoms with Crippen LogP contribution in [0.3, 0.4) is 0 Å². The van der Waals surface area contributed by atoms with Gasteiger partial charge in [0.05, 0.1) is 5.70 Å². The Morgan fingerprint density at radius 1 is 0.903 bits per heavy atom. The number of phenols is 1. The van der Waals surface area contributed by atoms with E-state index in [1.165, 1.54) is 51.4 Å². The number of hydrogen-bond donors (Lipinski definition) is 4. The van der Waals surface area contributed by atoms with Crippen LogP contribution in [0.25, 0.3) is 5.70 Å². The van der Waals surface area contributed by atoms with Crippen LogP contribution < -0.4 is 17.2 Å². The van der Waals surface area contributed by atoms with Gasteiger partial charge in [-0.25, -0.2) is 0 Å². The van der Waals surface area contributed by atoms with Gasteiger partial charge in [0.2, 0.25) is 0 Å². The van der Waals surface area contributed by atoms with Crippen molar-refractivity contribution in [1.29, 1.82) is 0 Å². The van der Waals surface area contributed by atoms with Crippen LogP contribution in [0.2, 0.25) is 0 Å². The molecule has 31 heavy (non-hydrogen) atoms. The van der Waals surface area contributed by atoms with E-state index in [0.717, 1.165) is 30.7 Å². The highest BCUT2D eigenvalue weighted by molar-refractivity contribution is 5.69. The summed E-state index contributed by atoms with van der Waals surface area (Å²) < 4.78 is 0. The van der Waals surface area contributed by atoms with Crippen molar-refractivity contribution in [3.63, 3.8) is 0 Å². The van der Waals surface area contributed by atoms with E-state index in [-0.39, 0.29) is 11.6 Å². The van der Waals surface area contributed by atoms with Gasteiger partial charge in [-0.1, -0.05) is 44.7 Å². The fourth-order valence-corrected chi connectivity index (χ4v) is 6.02. The van der Waals surface area contributed by atoms with Gasteiger partial charge < -0.3 is 27.2 Å². The van der Waals surface area contributed by atoms with Crippen molar-refractivity contribution in [2.45, 2.75) is 76.4 Å². The van der Waals surface area contributed by atoms with Crippen molar-refractivity contribution < 1.29 is 5.11 Å². The molecule has 0 radical (unpaired) electrons. The molecule has 1 aliphatic carbocycles. The lowest BCUT2D eigenvalue weighted by molar-refractivity contribution is 0.0363. The predicted octanol–water partition coefficient (Wildman–Crippen LogP) is 3.29. The Labute approximate surface area is 186 Å². The minimum absolute atomic E-state index is 0.162. The molecule has 0 aromatic heterocycles. The van der Waals surface area contributed by atoms with E-state index >= 15 is 0 Å². The molecular weight excluding hydrogens is 386 g/mol. The maximum absolute atomic E-state index is 10.2. The molecule has 7 N–H and O–H groups in total. The SMILES string of the molecule is CC1CCCC(N2C3CCC2CN(C(/C=C(\N)c2ccccc2O)=C(N)N)C3)CCC1. The molecule has 170 valence electrons. The number of benzene rings is 1. The topological polar surface area (TPSA) is 105 Å². The number of allylic oxidation sites excluding steroid dienone is 1. The molecule has 2 bridgehead atoms. The second kappa shape index (κ2) is 9.43. The summed E-state index contributed by atoms with van der Waals surface area (Å²) in [5.41, 5.74) is 20.4. The lowest BCUT2D eigenvalue weighted by Crippen LogP contribution is -2.57. The lowest BCUT2D eigenvalue weighted by Gasteiger charge is -2.47. The number of para-hydroxylation sites is 1. The van der Waals surface area contributed by atoms with E-state index in [1.807, 2.05) is 18.2 Å². The summed E-state index contributed by atoms with van der Waals surface area (Å²) in [6, 6.07) is 8.91. The van der Waals surface area contributed by atoms with Crippen LogP contribution in [0.5, 0.6) is 5.75 Å². The van der Waals surface area contributed by atoms with E-state index in [2.05, 4.69) is 16.7 Å². The van der Waals surface area contributed by atoms with Crippen LogP contribution in [0.15, 0.2) is 41.9 Å². The minimum Gasteiger partial charge on any atom is -0.507 e. The maximum Gasteiger partial charge on any atom is 0.124 e. The second-order valence-corrected chi connectivity index (χ2v) is 9.82. The number of aromatic hydroxyl groups is 1. The summed E-state index contributed by atoms with van der Waals surface area (Å²) in [5.74, 6) is 1.33. The zero-order valence-electron chi connectivity index (χ0n) is 18.8. The number of nitrogens with zero attached hydrogens (tertiary/aromatic N) is 2. The van der Waals surface area contributed by atoms with Gasteiger partial charge in [-0.2, -0.15) is 0 Å². The second-order valence-electron chi connectivity index (χ2n) is 9.82. The van der Waals surface area contributed by atoms with Crippen LogP contribution in [0.1, 0.15) is 63.9 Å². The van der Waals surface area contributed by atoms with Crippen molar-refractivity contribution in [3.8, 4) is 5.75 Å². The molecule has 1 aromatic rings. The van der Waals surface area contributed by atoms with Crippen molar-refractivity contribution >= 4 is 5.70 Å². The van der Waals surface area contributed by atoms with Crippen molar-refractivity contribution in [2.24, 2.45) is 23.1 Å². The highest BCUT2D eigenvalue weighted by Crippen LogP contribution is 2.38. The first-order valence-corrected chi connectivity index (χ1v) is 12.0. The van der Waals surface area contributed by atoms with Crippen LogP contribution in [0, 0.1) is 5.92 Å². The summed E-state index contributed by atoms with van der Waals surface area (Å²) in [7, 11) is 0. The average Bonchev–Trinajstić information content (AvgIpc) is 2.97. The highest BCUT2D eigenvalue weighted by atomic mass is 16.3. The van der Waals surface area contributed by atoms with E-state index < -0.39 is 0 Å². The van der Waals surface area contributed by atoms with Crippen molar-refractivity contribution in [3.05, 3.63) is 47.4 Å². The number of rotatable bonds is 4. The van der Waals surface area contributed by atoms with E-state index in [9.17, 15) is 5.11 Å². The van der Waals surface area contributed by atoms with Crippen LogP contribution in [-0.4, -0.2) is 46.1 Å². The van der Waals surface area contributed by atoms with Crippen LogP contribution in [-0.2, 0) is 0 Å². The Morgan fingerprint density at radius 3 is 2.10 bits per heavy atom. The zero-order valence-corrected chi connectivity index (χ0v) is 18.8. The Bertz CT molecular complexity index is 807. The number of fused-ring (bicyclic) bond motifs is 2. The standard InChI is InChI=1S/C25H39N5O/c1-17-6-4-8-18(9-5-7-17)30-19-12-13-20(30)16-29(15-19)23(25(27)28)14-22(26)21-10-2-3-11-24(21)31/h2-3,10-11,14,17-20,31H,4-9,12-13,15-16,26-28H2,1H3/b22-14-. The molecule has 0 spiro atoms. The van der Waals surface area contributed by atoms with Gasteiger partial charge >= 0.3 is 0 Å². The first-order chi connectivity index (χ1) is 14.9. The number of likely N-dealkylation sites (tertiary alicyclic amines) is 1. The molecule has 0 amide bonds. The third-order valence-corrected chi connectivity index (χ3v) is 7.57. The van der Waals surface area contributed by atoms with Gasteiger partial charge in [0, 0.05) is 42.5 Å². The van der Waals surface area contributed by atoms with Gasteiger partial charge in [-0.05, 0) is 49.8 Å². The molecular formula is C25H39N5O.